The zero-order valence-corrected chi connectivity index (χ0v) is 18.5. The number of amidine groups is 1. The lowest BCUT2D eigenvalue weighted by Gasteiger charge is -2.06. The number of nitrogens with zero attached hydrogens (tertiary/aromatic N) is 3. The standard InChI is InChI=1S/C14H16N6S3.C4H4O4/c15-12(16)20-14-19-10(8-23-14)7-22-11-3-1-9(2-4-11)18-13-17-5-6-21-13;5-3(6)1-2-4(7)8/h1-4,8H,5-7H2,(H,17,18)(H4,15,16,19,20);1-2H,(H,5,6)(H,7,8)/b;2-1+. The Labute approximate surface area is 190 Å². The Balaban J connectivity index is 0.000000366. The molecule has 0 unspecified atom stereocenters. The van der Waals surface area contributed by atoms with Crippen LogP contribution < -0.4 is 16.8 Å². The number of anilines is 1. The van der Waals surface area contributed by atoms with Crippen molar-refractivity contribution in [1.82, 2.24) is 4.98 Å². The molecule has 1 aromatic heterocycles. The fourth-order valence-corrected chi connectivity index (χ4v) is 4.34. The fraction of sp³-hybridized carbons (Fsp3) is 0.167. The summed E-state index contributed by atoms with van der Waals surface area (Å²) in [6.07, 6.45) is 1.12. The quantitative estimate of drug-likeness (QED) is 0.171. The van der Waals surface area contributed by atoms with Crippen molar-refractivity contribution in [3.05, 3.63) is 47.5 Å². The maximum Gasteiger partial charge on any atom is 0.328 e. The van der Waals surface area contributed by atoms with E-state index in [-0.39, 0.29) is 5.96 Å². The van der Waals surface area contributed by atoms with Crippen LogP contribution >= 0.6 is 34.9 Å². The number of aliphatic imine (C=N–C) groups is 2. The number of nitrogens with two attached hydrogens (primary N) is 2. The van der Waals surface area contributed by atoms with Crippen LogP contribution in [0.4, 0.5) is 10.8 Å². The minimum absolute atomic E-state index is 0.0340. The molecule has 164 valence electrons. The van der Waals surface area contributed by atoms with E-state index in [1.165, 1.54) is 16.2 Å². The first-order chi connectivity index (χ1) is 14.8. The maximum absolute atomic E-state index is 9.55. The number of thioether (sulfide) groups is 2. The number of aromatic nitrogens is 1. The summed E-state index contributed by atoms with van der Waals surface area (Å²) in [6.45, 7) is 0.899. The van der Waals surface area contributed by atoms with Crippen LogP contribution in [-0.2, 0) is 15.3 Å². The molecule has 2 aromatic rings. The molecule has 31 heavy (non-hydrogen) atoms. The van der Waals surface area contributed by atoms with E-state index in [1.54, 1.807) is 23.5 Å². The molecule has 1 aromatic carbocycles. The summed E-state index contributed by atoms with van der Waals surface area (Å²) in [4.78, 5) is 33.0. The van der Waals surface area contributed by atoms with E-state index in [0.29, 0.717) is 17.3 Å². The van der Waals surface area contributed by atoms with Crippen LogP contribution in [0.3, 0.4) is 0 Å². The number of aliphatic carboxylic acids is 2. The second kappa shape index (κ2) is 12.6. The van der Waals surface area contributed by atoms with Gasteiger partial charge in [-0.1, -0.05) is 11.8 Å². The number of carboxylic acids is 2. The molecule has 0 fully saturated rings. The van der Waals surface area contributed by atoms with Crippen molar-refractivity contribution in [2.75, 3.05) is 17.6 Å². The number of benzene rings is 1. The second-order valence-corrected chi connectivity index (χ2v) is 8.61. The molecular weight excluding hydrogens is 460 g/mol. The lowest BCUT2D eigenvalue weighted by atomic mass is 10.3. The van der Waals surface area contributed by atoms with Gasteiger partial charge in [-0.2, -0.15) is 4.99 Å². The summed E-state index contributed by atoms with van der Waals surface area (Å²) in [5.74, 6) is -0.635. The van der Waals surface area contributed by atoms with Gasteiger partial charge in [-0.25, -0.2) is 14.6 Å². The third-order valence-electron chi connectivity index (χ3n) is 3.21. The highest BCUT2D eigenvalue weighted by Gasteiger charge is 2.07. The van der Waals surface area contributed by atoms with Gasteiger partial charge < -0.3 is 27.0 Å². The van der Waals surface area contributed by atoms with Gasteiger partial charge in [0, 0.05) is 39.6 Å². The van der Waals surface area contributed by atoms with Crippen LogP contribution in [0, 0.1) is 0 Å². The predicted molar refractivity (Wildman–Crippen MR) is 126 cm³/mol. The zero-order chi connectivity index (χ0) is 22.6. The molecule has 0 bridgehead atoms. The van der Waals surface area contributed by atoms with Gasteiger partial charge in [-0.3, -0.25) is 4.99 Å². The molecule has 2 heterocycles. The van der Waals surface area contributed by atoms with Crippen molar-refractivity contribution in [3.8, 4) is 0 Å². The summed E-state index contributed by atoms with van der Waals surface area (Å²) >= 11 is 4.92. The smallest absolute Gasteiger partial charge is 0.328 e. The van der Waals surface area contributed by atoms with Gasteiger partial charge in [0.1, 0.15) is 0 Å². The largest absolute Gasteiger partial charge is 0.478 e. The molecule has 0 saturated heterocycles. The molecular formula is C18H20N6O4S3. The zero-order valence-electron chi connectivity index (χ0n) is 16.1. The topological polar surface area (TPSA) is 176 Å². The van der Waals surface area contributed by atoms with E-state index in [9.17, 15) is 9.59 Å². The van der Waals surface area contributed by atoms with Crippen molar-refractivity contribution in [2.45, 2.75) is 10.6 Å². The van der Waals surface area contributed by atoms with E-state index in [0.717, 1.165) is 34.6 Å². The predicted octanol–water partition coefficient (Wildman–Crippen LogP) is 2.57. The van der Waals surface area contributed by atoms with Gasteiger partial charge in [-0.15, -0.1) is 23.1 Å². The monoisotopic (exact) mass is 480 g/mol. The van der Waals surface area contributed by atoms with Crippen molar-refractivity contribution in [3.63, 3.8) is 0 Å². The van der Waals surface area contributed by atoms with E-state index in [1.807, 2.05) is 5.38 Å². The van der Waals surface area contributed by atoms with Crippen LogP contribution in [0.15, 0.2) is 56.7 Å². The van der Waals surface area contributed by atoms with Gasteiger partial charge in [0.15, 0.2) is 11.1 Å². The van der Waals surface area contributed by atoms with Crippen LogP contribution in [0.5, 0.6) is 0 Å². The van der Waals surface area contributed by atoms with Gasteiger partial charge in [0.25, 0.3) is 0 Å². The molecule has 1 aliphatic rings. The Morgan fingerprint density at radius 1 is 1.19 bits per heavy atom. The Bertz CT molecular complexity index is 968. The number of nitrogens with one attached hydrogen (secondary N) is 1. The van der Waals surface area contributed by atoms with Crippen LogP contribution in [0.25, 0.3) is 0 Å². The van der Waals surface area contributed by atoms with Crippen LogP contribution in [0.1, 0.15) is 5.69 Å². The lowest BCUT2D eigenvalue weighted by molar-refractivity contribution is -0.134. The number of carboxylic acid groups (broad SMARTS) is 2. The number of rotatable bonds is 7. The first-order valence-electron chi connectivity index (χ1n) is 8.67. The number of carbonyl (C=O) groups is 2. The lowest BCUT2D eigenvalue weighted by Crippen LogP contribution is -2.21. The summed E-state index contributed by atoms with van der Waals surface area (Å²) in [6, 6.07) is 8.32. The number of hydrogen-bond donors (Lipinski definition) is 5. The Hall–Kier alpha value is -3.03. The van der Waals surface area contributed by atoms with Crippen molar-refractivity contribution < 1.29 is 19.8 Å². The molecule has 0 aliphatic carbocycles. The molecule has 0 amide bonds. The molecule has 10 nitrogen and oxygen atoms in total. The third kappa shape index (κ3) is 10.0. The Morgan fingerprint density at radius 2 is 1.87 bits per heavy atom. The first-order valence-corrected chi connectivity index (χ1v) is 11.5. The molecule has 0 radical (unpaired) electrons. The molecule has 0 saturated carbocycles. The molecule has 7 N–H and O–H groups in total. The Morgan fingerprint density at radius 3 is 2.42 bits per heavy atom. The SMILES string of the molecule is NC(N)=Nc1nc(CSc2ccc(NC3=NCCS3)cc2)cs1.O=C(O)/C=C/C(=O)O. The Kier molecular flexibility index (Phi) is 9.87. The average molecular weight is 481 g/mol. The van der Waals surface area contributed by atoms with Gasteiger partial charge in [0.05, 0.1) is 12.2 Å². The van der Waals surface area contributed by atoms with Gasteiger partial charge in [0.2, 0.25) is 5.13 Å². The highest BCUT2D eigenvalue weighted by atomic mass is 32.2. The van der Waals surface area contributed by atoms with Gasteiger partial charge in [-0.05, 0) is 24.3 Å². The summed E-state index contributed by atoms with van der Waals surface area (Å²) < 4.78 is 0. The number of guanidine groups is 1. The van der Waals surface area contributed by atoms with E-state index in [4.69, 9.17) is 21.7 Å². The minimum Gasteiger partial charge on any atom is -0.478 e. The second-order valence-electron chi connectivity index (χ2n) is 5.64. The van der Waals surface area contributed by atoms with Crippen molar-refractivity contribution in [2.24, 2.45) is 21.5 Å². The van der Waals surface area contributed by atoms with Crippen LogP contribution in [0.2, 0.25) is 0 Å². The van der Waals surface area contributed by atoms with E-state index < -0.39 is 11.9 Å². The fourth-order valence-electron chi connectivity index (χ4n) is 1.99. The number of thiazole rings is 1. The highest BCUT2D eigenvalue weighted by molar-refractivity contribution is 8.14. The molecule has 0 spiro atoms. The molecule has 3 rings (SSSR count). The van der Waals surface area contributed by atoms with Gasteiger partial charge >= 0.3 is 11.9 Å². The average Bonchev–Trinajstić information content (AvgIpc) is 3.38. The normalized spacial score (nSPS) is 12.6. The summed E-state index contributed by atoms with van der Waals surface area (Å²) in [5, 5.41) is 22.5. The van der Waals surface area contributed by atoms with Crippen molar-refractivity contribution >= 4 is 68.7 Å². The van der Waals surface area contributed by atoms with E-state index >= 15 is 0 Å². The third-order valence-corrected chi connectivity index (χ3v) is 5.93. The molecule has 13 heteroatoms. The van der Waals surface area contributed by atoms with Crippen LogP contribution in [-0.4, -0.2) is 50.6 Å². The maximum atomic E-state index is 9.55. The van der Waals surface area contributed by atoms with E-state index in [2.05, 4.69) is 44.6 Å². The highest BCUT2D eigenvalue weighted by Crippen LogP contribution is 2.27. The first kappa shape index (κ1) is 24.2. The van der Waals surface area contributed by atoms with Crippen molar-refractivity contribution in [1.29, 1.82) is 0 Å². The summed E-state index contributed by atoms with van der Waals surface area (Å²) in [5.41, 5.74) is 12.7. The molecule has 0 atom stereocenters. The number of hydrogen-bond acceptors (Lipinski definition) is 9. The summed E-state index contributed by atoms with van der Waals surface area (Å²) in [7, 11) is 0. The molecule has 1 aliphatic heterocycles. The minimum atomic E-state index is -1.26.